The number of nitrogens with one attached hydrogen (secondary N) is 2. The van der Waals surface area contributed by atoms with Gasteiger partial charge in [0.25, 0.3) is 0 Å². The second kappa shape index (κ2) is 12.3. The van der Waals surface area contributed by atoms with Crippen LogP contribution in [-0.4, -0.2) is 76.1 Å². The molecule has 1 heterocycles. The molecular weight excluding hydrogens is 428 g/mol. The number of carbonyl (C=O) groups excluding carboxylic acids is 3. The van der Waals surface area contributed by atoms with E-state index in [1.165, 1.54) is 0 Å². The third-order valence-corrected chi connectivity index (χ3v) is 5.60. The average molecular weight is 463 g/mol. The molecule has 0 bridgehead atoms. The summed E-state index contributed by atoms with van der Waals surface area (Å²) in [4.78, 5) is 51.1. The number of hydrogen-bond acceptors (Lipinski definition) is 6. The first-order valence-electron chi connectivity index (χ1n) is 11.2. The molecule has 10 heteroatoms. The minimum absolute atomic E-state index is 0.153. The van der Waals surface area contributed by atoms with Gasteiger partial charge in [-0.2, -0.15) is 0 Å². The van der Waals surface area contributed by atoms with Crippen molar-refractivity contribution in [3.63, 3.8) is 0 Å². The van der Waals surface area contributed by atoms with E-state index >= 15 is 0 Å². The fourth-order valence-electron chi connectivity index (χ4n) is 3.90. The van der Waals surface area contributed by atoms with Gasteiger partial charge in [0.15, 0.2) is 0 Å². The summed E-state index contributed by atoms with van der Waals surface area (Å²) in [6, 6.07) is 4.89. The Kier molecular flexibility index (Phi) is 9.80. The van der Waals surface area contributed by atoms with Gasteiger partial charge in [0.2, 0.25) is 17.7 Å². The normalized spacial score (nSPS) is 18.5. The van der Waals surface area contributed by atoms with Crippen molar-refractivity contribution in [2.75, 3.05) is 13.2 Å². The van der Waals surface area contributed by atoms with Crippen molar-refractivity contribution in [2.24, 2.45) is 11.7 Å². The van der Waals surface area contributed by atoms with E-state index in [4.69, 9.17) is 5.73 Å². The van der Waals surface area contributed by atoms with Crippen LogP contribution in [0.15, 0.2) is 30.3 Å². The number of benzene rings is 1. The number of carboxylic acids is 1. The third kappa shape index (κ3) is 7.54. The van der Waals surface area contributed by atoms with Crippen LogP contribution in [0, 0.1) is 5.92 Å². The molecule has 1 aromatic carbocycles. The highest BCUT2D eigenvalue weighted by Gasteiger charge is 2.38. The van der Waals surface area contributed by atoms with Gasteiger partial charge in [0.1, 0.15) is 18.1 Å². The van der Waals surface area contributed by atoms with E-state index in [0.29, 0.717) is 19.3 Å². The molecule has 0 aliphatic carbocycles. The summed E-state index contributed by atoms with van der Waals surface area (Å²) < 4.78 is 0. The van der Waals surface area contributed by atoms with Gasteiger partial charge in [-0.25, -0.2) is 4.79 Å². The largest absolute Gasteiger partial charge is 0.480 e. The van der Waals surface area contributed by atoms with Crippen molar-refractivity contribution < 1.29 is 29.4 Å². The standard InChI is InChI=1S/C23H34N4O6/c1-14(2)11-16(24)20(29)25-17(12-15-7-4-3-5-8-15)21(30)26-18(13-28)22(31)27-10-6-9-19(27)23(32)33/h3-5,7-8,14,16-19,28H,6,9-13,24H2,1-2H3,(H,25,29)(H,26,30)(H,32,33). The number of aliphatic hydroxyl groups excluding tert-OH is 1. The number of nitrogens with two attached hydrogens (primary N) is 1. The highest BCUT2D eigenvalue weighted by Crippen LogP contribution is 2.18. The van der Waals surface area contributed by atoms with Crippen molar-refractivity contribution in [1.82, 2.24) is 15.5 Å². The second-order valence-electron chi connectivity index (χ2n) is 8.76. The first-order chi connectivity index (χ1) is 15.6. The van der Waals surface area contributed by atoms with E-state index < -0.39 is 54.5 Å². The van der Waals surface area contributed by atoms with Gasteiger partial charge in [0, 0.05) is 13.0 Å². The molecule has 33 heavy (non-hydrogen) atoms. The molecule has 0 spiro atoms. The number of amides is 3. The lowest BCUT2D eigenvalue weighted by atomic mass is 10.0. The summed E-state index contributed by atoms with van der Waals surface area (Å²) in [5.41, 5.74) is 6.75. The lowest BCUT2D eigenvalue weighted by Crippen LogP contribution is -2.58. The van der Waals surface area contributed by atoms with E-state index in [0.717, 1.165) is 10.5 Å². The zero-order chi connectivity index (χ0) is 24.5. The van der Waals surface area contributed by atoms with Crippen molar-refractivity contribution in [3.8, 4) is 0 Å². The number of hydrogen-bond donors (Lipinski definition) is 5. The summed E-state index contributed by atoms with van der Waals surface area (Å²) in [5.74, 6) is -2.76. The molecule has 0 saturated carbocycles. The number of likely N-dealkylation sites (tertiary alicyclic amines) is 1. The molecule has 4 atom stereocenters. The number of aliphatic hydroxyl groups is 1. The highest BCUT2D eigenvalue weighted by atomic mass is 16.4. The lowest BCUT2D eigenvalue weighted by molar-refractivity contribution is -0.150. The van der Waals surface area contributed by atoms with E-state index in [1.54, 1.807) is 24.3 Å². The van der Waals surface area contributed by atoms with E-state index in [2.05, 4.69) is 10.6 Å². The fourth-order valence-corrected chi connectivity index (χ4v) is 3.90. The first-order valence-corrected chi connectivity index (χ1v) is 11.2. The Morgan fingerprint density at radius 3 is 2.30 bits per heavy atom. The molecule has 0 radical (unpaired) electrons. The molecule has 2 rings (SSSR count). The minimum atomic E-state index is -1.32. The van der Waals surface area contributed by atoms with Crippen LogP contribution in [0.2, 0.25) is 0 Å². The number of carboxylic acid groups (broad SMARTS) is 1. The summed E-state index contributed by atoms with van der Waals surface area (Å²) >= 11 is 0. The monoisotopic (exact) mass is 462 g/mol. The predicted octanol–water partition coefficient (Wildman–Crippen LogP) is -0.360. The number of nitrogens with zero attached hydrogens (tertiary/aromatic N) is 1. The van der Waals surface area contributed by atoms with E-state index in [9.17, 15) is 29.4 Å². The zero-order valence-corrected chi connectivity index (χ0v) is 19.1. The quantitative estimate of drug-likeness (QED) is 0.300. The molecule has 1 saturated heterocycles. The van der Waals surface area contributed by atoms with Crippen molar-refractivity contribution in [3.05, 3.63) is 35.9 Å². The topological polar surface area (TPSA) is 162 Å². The summed E-state index contributed by atoms with van der Waals surface area (Å²) in [5, 5.41) is 24.2. The van der Waals surface area contributed by atoms with Gasteiger partial charge in [-0.05, 0) is 30.7 Å². The van der Waals surface area contributed by atoms with Crippen LogP contribution < -0.4 is 16.4 Å². The van der Waals surface area contributed by atoms with Crippen LogP contribution in [-0.2, 0) is 25.6 Å². The van der Waals surface area contributed by atoms with Crippen molar-refractivity contribution in [1.29, 1.82) is 0 Å². The number of rotatable bonds is 11. The average Bonchev–Trinajstić information content (AvgIpc) is 3.27. The Hall–Kier alpha value is -2.98. The van der Waals surface area contributed by atoms with E-state index in [-0.39, 0.29) is 18.9 Å². The molecule has 1 aromatic rings. The lowest BCUT2D eigenvalue weighted by Gasteiger charge is -2.28. The second-order valence-corrected chi connectivity index (χ2v) is 8.76. The smallest absolute Gasteiger partial charge is 0.326 e. The molecule has 182 valence electrons. The van der Waals surface area contributed by atoms with Crippen molar-refractivity contribution >= 4 is 23.7 Å². The Morgan fingerprint density at radius 2 is 1.73 bits per heavy atom. The van der Waals surface area contributed by atoms with Gasteiger partial charge in [-0.3, -0.25) is 14.4 Å². The van der Waals surface area contributed by atoms with Crippen LogP contribution in [0.3, 0.4) is 0 Å². The summed E-state index contributed by atoms with van der Waals surface area (Å²) in [6.45, 7) is 3.39. The highest BCUT2D eigenvalue weighted by molar-refractivity contribution is 5.94. The van der Waals surface area contributed by atoms with Crippen LogP contribution >= 0.6 is 0 Å². The van der Waals surface area contributed by atoms with E-state index in [1.807, 2.05) is 19.9 Å². The molecule has 3 amide bonds. The Labute approximate surface area is 193 Å². The maximum absolute atomic E-state index is 13.1. The SMILES string of the molecule is CC(C)CC(N)C(=O)NC(Cc1ccccc1)C(=O)NC(CO)C(=O)N1CCCC1C(=O)O. The first kappa shape index (κ1) is 26.3. The molecule has 1 aliphatic heterocycles. The van der Waals surface area contributed by atoms with Crippen LogP contribution in [0.4, 0.5) is 0 Å². The minimum Gasteiger partial charge on any atom is -0.480 e. The van der Waals surface area contributed by atoms with Crippen LogP contribution in [0.25, 0.3) is 0 Å². The Balaban J connectivity index is 2.15. The maximum Gasteiger partial charge on any atom is 0.326 e. The van der Waals surface area contributed by atoms with Gasteiger partial charge in [-0.15, -0.1) is 0 Å². The molecule has 4 unspecified atom stereocenters. The molecule has 0 aromatic heterocycles. The fraction of sp³-hybridized carbons (Fsp3) is 0.565. The number of aliphatic carboxylic acids is 1. The molecule has 1 aliphatic rings. The molecule has 1 fully saturated rings. The molecule has 10 nitrogen and oxygen atoms in total. The van der Waals surface area contributed by atoms with Gasteiger partial charge < -0.3 is 31.5 Å². The molecular formula is C23H34N4O6. The summed E-state index contributed by atoms with van der Waals surface area (Å²) in [6.07, 6.45) is 1.43. The Bertz CT molecular complexity index is 832. The number of carbonyl (C=O) groups is 4. The van der Waals surface area contributed by atoms with Crippen LogP contribution in [0.1, 0.15) is 38.7 Å². The molecule has 6 N–H and O–H groups in total. The van der Waals surface area contributed by atoms with Gasteiger partial charge >= 0.3 is 5.97 Å². The van der Waals surface area contributed by atoms with Gasteiger partial charge in [0.05, 0.1) is 12.6 Å². The Morgan fingerprint density at radius 1 is 1.09 bits per heavy atom. The predicted molar refractivity (Wildman–Crippen MR) is 121 cm³/mol. The van der Waals surface area contributed by atoms with Crippen molar-refractivity contribution in [2.45, 2.75) is 63.7 Å². The summed E-state index contributed by atoms with van der Waals surface area (Å²) in [7, 11) is 0. The third-order valence-electron chi connectivity index (χ3n) is 5.60. The van der Waals surface area contributed by atoms with Crippen LogP contribution in [0.5, 0.6) is 0 Å². The van der Waals surface area contributed by atoms with Gasteiger partial charge in [-0.1, -0.05) is 44.2 Å². The zero-order valence-electron chi connectivity index (χ0n) is 19.1. The maximum atomic E-state index is 13.1.